The molecule has 2 heterocycles. The largest absolute Gasteiger partial charge is 0.461 e. The third kappa shape index (κ3) is 5.74. The van der Waals surface area contributed by atoms with Crippen molar-refractivity contribution in [2.24, 2.45) is 0 Å². The fourth-order valence-electron chi connectivity index (χ4n) is 3.42. The molecule has 0 saturated heterocycles. The maximum absolute atomic E-state index is 13.3. The number of amides is 1. The Hall–Kier alpha value is -4.12. The lowest BCUT2D eigenvalue weighted by atomic mass is 10.0. The fourth-order valence-corrected chi connectivity index (χ4v) is 3.42. The summed E-state index contributed by atoms with van der Waals surface area (Å²) >= 11 is 0. The topological polar surface area (TPSA) is 91.4 Å². The fraction of sp³-hybridized carbons (Fsp3) is 0.240. The Kier molecular flexibility index (Phi) is 7.39. The molecule has 4 rings (SSSR count). The van der Waals surface area contributed by atoms with Crippen LogP contribution in [-0.2, 0) is 10.9 Å². The zero-order valence-corrected chi connectivity index (χ0v) is 19.5. The number of hydrogen-bond acceptors (Lipinski definition) is 6. The quantitative estimate of drug-likeness (QED) is 0.304. The first-order valence-corrected chi connectivity index (χ1v) is 11.1. The molecule has 0 aliphatic carbocycles. The molecule has 4 aromatic rings. The molecular weight excluding hydrogens is 477 g/mol. The van der Waals surface area contributed by atoms with Crippen LogP contribution in [0.4, 0.5) is 18.9 Å². The molecule has 11 heteroatoms. The third-order valence-electron chi connectivity index (χ3n) is 5.15. The van der Waals surface area contributed by atoms with Crippen molar-refractivity contribution in [3.63, 3.8) is 0 Å². The SMILES string of the molecule is CCOCCOc1nc(-c2ccco2)n(-c2cccc(NC(=O)c3ccc(C)c(C(F)(F)F)c3)c2)n1. The first-order chi connectivity index (χ1) is 17.3. The van der Waals surface area contributed by atoms with Crippen LogP contribution in [0.1, 0.15) is 28.4 Å². The van der Waals surface area contributed by atoms with Gasteiger partial charge in [0.1, 0.15) is 6.61 Å². The van der Waals surface area contributed by atoms with Gasteiger partial charge >= 0.3 is 12.2 Å². The number of benzene rings is 2. The Bertz CT molecular complexity index is 1330. The van der Waals surface area contributed by atoms with Crippen molar-refractivity contribution in [2.45, 2.75) is 20.0 Å². The van der Waals surface area contributed by atoms with Gasteiger partial charge in [-0.1, -0.05) is 12.1 Å². The summed E-state index contributed by atoms with van der Waals surface area (Å²) in [5.74, 6) is 0.126. The zero-order chi connectivity index (χ0) is 25.7. The van der Waals surface area contributed by atoms with Crippen molar-refractivity contribution in [3.8, 4) is 23.3 Å². The van der Waals surface area contributed by atoms with Crippen LogP contribution < -0.4 is 10.1 Å². The number of ether oxygens (including phenoxy) is 2. The Balaban J connectivity index is 1.60. The molecule has 0 spiro atoms. The second-order valence-corrected chi connectivity index (χ2v) is 7.68. The smallest absolute Gasteiger partial charge is 0.416 e. The second kappa shape index (κ2) is 10.6. The van der Waals surface area contributed by atoms with Crippen LogP contribution in [0, 0.1) is 6.92 Å². The van der Waals surface area contributed by atoms with E-state index in [1.165, 1.54) is 30.0 Å². The molecule has 0 fully saturated rings. The number of alkyl halides is 3. The highest BCUT2D eigenvalue weighted by atomic mass is 19.4. The molecule has 188 valence electrons. The number of nitrogens with one attached hydrogen (secondary N) is 1. The van der Waals surface area contributed by atoms with Crippen LogP contribution in [0.2, 0.25) is 0 Å². The van der Waals surface area contributed by atoms with Gasteiger partial charge < -0.3 is 19.2 Å². The van der Waals surface area contributed by atoms with Gasteiger partial charge in [0.05, 0.1) is 24.1 Å². The Morgan fingerprint density at radius 3 is 2.67 bits per heavy atom. The average molecular weight is 500 g/mol. The lowest BCUT2D eigenvalue weighted by Gasteiger charge is -2.13. The van der Waals surface area contributed by atoms with Gasteiger partial charge in [-0.05, 0) is 61.9 Å². The number of hydrogen-bond donors (Lipinski definition) is 1. The monoisotopic (exact) mass is 500 g/mol. The predicted molar refractivity (Wildman–Crippen MR) is 125 cm³/mol. The normalized spacial score (nSPS) is 11.5. The third-order valence-corrected chi connectivity index (χ3v) is 5.15. The van der Waals surface area contributed by atoms with Gasteiger partial charge in [-0.15, -0.1) is 5.10 Å². The molecule has 0 atom stereocenters. The second-order valence-electron chi connectivity index (χ2n) is 7.68. The summed E-state index contributed by atoms with van der Waals surface area (Å²) in [6, 6.07) is 13.6. The van der Waals surface area contributed by atoms with E-state index in [1.807, 2.05) is 6.92 Å². The number of halogens is 3. The van der Waals surface area contributed by atoms with Crippen LogP contribution in [0.25, 0.3) is 17.3 Å². The highest BCUT2D eigenvalue weighted by molar-refractivity contribution is 6.04. The highest BCUT2D eigenvalue weighted by Gasteiger charge is 2.33. The minimum absolute atomic E-state index is 0.0389. The zero-order valence-electron chi connectivity index (χ0n) is 19.5. The molecular formula is C25H23F3N4O4. The van der Waals surface area contributed by atoms with Gasteiger partial charge in [0.25, 0.3) is 5.91 Å². The van der Waals surface area contributed by atoms with Gasteiger partial charge in [-0.3, -0.25) is 4.79 Å². The summed E-state index contributed by atoms with van der Waals surface area (Å²) in [7, 11) is 0. The molecule has 2 aromatic heterocycles. The van der Waals surface area contributed by atoms with Gasteiger partial charge in [0, 0.05) is 17.9 Å². The average Bonchev–Trinajstić information content (AvgIpc) is 3.52. The summed E-state index contributed by atoms with van der Waals surface area (Å²) in [5.41, 5.74) is -0.0543. The van der Waals surface area contributed by atoms with Crippen LogP contribution in [0.15, 0.2) is 65.3 Å². The first-order valence-electron chi connectivity index (χ1n) is 11.1. The van der Waals surface area contributed by atoms with Crippen molar-refractivity contribution >= 4 is 11.6 Å². The molecule has 1 N–H and O–H groups in total. The number of aryl methyl sites for hydroxylation is 1. The van der Waals surface area contributed by atoms with Crippen LogP contribution in [0.5, 0.6) is 6.01 Å². The number of aromatic nitrogens is 3. The molecule has 0 aliphatic heterocycles. The van der Waals surface area contributed by atoms with E-state index in [1.54, 1.807) is 36.4 Å². The van der Waals surface area contributed by atoms with Crippen molar-refractivity contribution in [1.82, 2.24) is 14.8 Å². The van der Waals surface area contributed by atoms with Crippen molar-refractivity contribution in [1.29, 1.82) is 0 Å². The summed E-state index contributed by atoms with van der Waals surface area (Å²) in [4.78, 5) is 17.1. The minimum Gasteiger partial charge on any atom is -0.461 e. The molecule has 0 saturated carbocycles. The number of carbonyl (C=O) groups is 1. The van der Waals surface area contributed by atoms with E-state index >= 15 is 0 Å². The molecule has 0 radical (unpaired) electrons. The summed E-state index contributed by atoms with van der Waals surface area (Å²) in [6.45, 7) is 4.40. The first kappa shape index (κ1) is 25.0. The predicted octanol–water partition coefficient (Wildman–Crippen LogP) is 5.52. The molecule has 1 amide bonds. The van der Waals surface area contributed by atoms with E-state index in [-0.39, 0.29) is 23.7 Å². The molecule has 0 bridgehead atoms. The molecule has 36 heavy (non-hydrogen) atoms. The van der Waals surface area contributed by atoms with Crippen LogP contribution in [-0.4, -0.2) is 40.5 Å². The van der Waals surface area contributed by atoms with E-state index < -0.39 is 17.6 Å². The summed E-state index contributed by atoms with van der Waals surface area (Å²) in [5, 5.41) is 7.03. The summed E-state index contributed by atoms with van der Waals surface area (Å²) in [6.07, 6.45) is -3.06. The van der Waals surface area contributed by atoms with Gasteiger partial charge in [-0.25, -0.2) is 4.68 Å². The number of rotatable bonds is 9. The van der Waals surface area contributed by atoms with Gasteiger partial charge in [0.15, 0.2) is 5.76 Å². The minimum atomic E-state index is -4.56. The standard InChI is InChI=1S/C25H23F3N4O4/c1-3-34-12-13-36-24-30-22(21-8-5-11-35-21)32(31-24)19-7-4-6-18(15-19)29-23(33)17-10-9-16(2)20(14-17)25(26,27)28/h4-11,14-15H,3,12-13H2,1-2H3,(H,29,33). The lowest BCUT2D eigenvalue weighted by molar-refractivity contribution is -0.138. The maximum Gasteiger partial charge on any atom is 0.416 e. The van der Waals surface area contributed by atoms with Crippen LogP contribution >= 0.6 is 0 Å². The Morgan fingerprint density at radius 2 is 1.94 bits per heavy atom. The maximum atomic E-state index is 13.3. The van der Waals surface area contributed by atoms with Crippen LogP contribution in [0.3, 0.4) is 0 Å². The van der Waals surface area contributed by atoms with E-state index in [9.17, 15) is 18.0 Å². The van der Waals surface area contributed by atoms with E-state index in [2.05, 4.69) is 15.4 Å². The van der Waals surface area contributed by atoms with Crippen molar-refractivity contribution < 1.29 is 31.9 Å². The van der Waals surface area contributed by atoms with E-state index in [0.717, 1.165) is 6.07 Å². The number of nitrogens with zero attached hydrogens (tertiary/aromatic N) is 3. The molecule has 0 unspecified atom stereocenters. The van der Waals surface area contributed by atoms with Crippen molar-refractivity contribution in [3.05, 3.63) is 77.6 Å². The Morgan fingerprint density at radius 1 is 1.11 bits per heavy atom. The number of furan rings is 1. The number of anilines is 1. The van der Waals surface area contributed by atoms with Gasteiger partial charge in [0.2, 0.25) is 5.82 Å². The molecule has 0 aliphatic rings. The molecule has 2 aromatic carbocycles. The van der Waals surface area contributed by atoms with Crippen molar-refractivity contribution in [2.75, 3.05) is 25.1 Å². The molecule has 8 nitrogen and oxygen atoms in total. The number of carbonyl (C=O) groups excluding carboxylic acids is 1. The van der Waals surface area contributed by atoms with E-state index in [0.29, 0.717) is 36.2 Å². The van der Waals surface area contributed by atoms with Gasteiger partial charge in [-0.2, -0.15) is 18.2 Å². The highest BCUT2D eigenvalue weighted by Crippen LogP contribution is 2.32. The summed E-state index contributed by atoms with van der Waals surface area (Å²) < 4.78 is 57.6. The lowest BCUT2D eigenvalue weighted by Crippen LogP contribution is -2.15. The Labute approximate surface area is 204 Å². The van der Waals surface area contributed by atoms with E-state index in [4.69, 9.17) is 13.9 Å².